The summed E-state index contributed by atoms with van der Waals surface area (Å²) in [7, 11) is 1.57. The van der Waals surface area contributed by atoms with Crippen molar-refractivity contribution >= 4 is 0 Å². The van der Waals surface area contributed by atoms with Crippen LogP contribution in [-0.4, -0.2) is 36.2 Å². The molecule has 4 heteroatoms. The Bertz CT molecular complexity index is 382. The molecule has 1 heterocycles. The van der Waals surface area contributed by atoms with Gasteiger partial charge >= 0.3 is 0 Å². The number of aromatic hydroxyl groups is 1. The minimum atomic E-state index is 0.248. The quantitative estimate of drug-likeness (QED) is 0.828. The second kappa shape index (κ2) is 5.38. The second-order valence-electron chi connectivity index (χ2n) is 4.47. The van der Waals surface area contributed by atoms with E-state index in [4.69, 9.17) is 10.5 Å². The minimum absolute atomic E-state index is 0.248. The van der Waals surface area contributed by atoms with Gasteiger partial charge in [-0.2, -0.15) is 0 Å². The Morgan fingerprint density at radius 1 is 1.53 bits per heavy atom. The number of hydrogen-bond acceptors (Lipinski definition) is 4. The molecule has 0 radical (unpaired) electrons. The van der Waals surface area contributed by atoms with E-state index in [0.717, 1.165) is 25.1 Å². The van der Waals surface area contributed by atoms with Crippen LogP contribution in [0.25, 0.3) is 0 Å². The Hall–Kier alpha value is -1.26. The van der Waals surface area contributed by atoms with E-state index in [-0.39, 0.29) is 5.75 Å². The maximum Gasteiger partial charge on any atom is 0.162 e. The van der Waals surface area contributed by atoms with Crippen molar-refractivity contribution in [3.63, 3.8) is 0 Å². The molecule has 4 nitrogen and oxygen atoms in total. The molecule has 2 rings (SSSR count). The fourth-order valence-corrected chi connectivity index (χ4v) is 2.45. The lowest BCUT2D eigenvalue weighted by Gasteiger charge is -2.23. The topological polar surface area (TPSA) is 58.7 Å². The Morgan fingerprint density at radius 2 is 2.35 bits per heavy atom. The average molecular weight is 236 g/mol. The largest absolute Gasteiger partial charge is 0.504 e. The molecule has 1 aliphatic heterocycles. The van der Waals surface area contributed by atoms with Gasteiger partial charge < -0.3 is 15.6 Å². The summed E-state index contributed by atoms with van der Waals surface area (Å²) in [5.41, 5.74) is 6.65. The van der Waals surface area contributed by atoms with Gasteiger partial charge in [0.25, 0.3) is 0 Å². The van der Waals surface area contributed by atoms with Gasteiger partial charge in [0, 0.05) is 24.7 Å². The second-order valence-corrected chi connectivity index (χ2v) is 4.47. The van der Waals surface area contributed by atoms with Crippen molar-refractivity contribution in [1.29, 1.82) is 0 Å². The van der Waals surface area contributed by atoms with E-state index in [1.54, 1.807) is 13.2 Å². The Morgan fingerprint density at radius 3 is 3.06 bits per heavy atom. The molecule has 0 amide bonds. The van der Waals surface area contributed by atoms with Crippen molar-refractivity contribution in [2.45, 2.75) is 25.4 Å². The normalized spacial score (nSPS) is 20.7. The number of phenols is 1. The van der Waals surface area contributed by atoms with Crippen molar-refractivity contribution in [2.24, 2.45) is 5.73 Å². The molecule has 1 aromatic rings. The van der Waals surface area contributed by atoms with Crippen LogP contribution in [0.4, 0.5) is 0 Å². The van der Waals surface area contributed by atoms with E-state index in [9.17, 15) is 5.11 Å². The van der Waals surface area contributed by atoms with E-state index >= 15 is 0 Å². The molecule has 1 saturated heterocycles. The molecule has 0 aliphatic carbocycles. The Balaban J connectivity index is 2.13. The lowest BCUT2D eigenvalue weighted by Crippen LogP contribution is -2.34. The number of benzene rings is 1. The molecular formula is C13H20N2O2. The molecule has 0 saturated carbocycles. The monoisotopic (exact) mass is 236 g/mol. The van der Waals surface area contributed by atoms with Crippen LogP contribution in [0, 0.1) is 0 Å². The summed E-state index contributed by atoms with van der Waals surface area (Å²) in [5, 5.41) is 10.0. The third-order valence-electron chi connectivity index (χ3n) is 3.45. The number of phenolic OH excluding ortho intramolecular Hbond substituents is 1. The number of likely N-dealkylation sites (tertiary alicyclic amines) is 1. The fraction of sp³-hybridized carbons (Fsp3) is 0.538. The SMILES string of the molecule is COc1cccc(CN2CCCC2CN)c1O. The third kappa shape index (κ3) is 2.53. The van der Waals surface area contributed by atoms with Gasteiger partial charge in [0.2, 0.25) is 0 Å². The first kappa shape index (κ1) is 12.2. The van der Waals surface area contributed by atoms with Crippen LogP contribution in [0.1, 0.15) is 18.4 Å². The van der Waals surface area contributed by atoms with Crippen LogP contribution in [0.2, 0.25) is 0 Å². The number of para-hydroxylation sites is 1. The summed E-state index contributed by atoms with van der Waals surface area (Å²) in [6, 6.07) is 6.05. The zero-order chi connectivity index (χ0) is 12.3. The molecule has 1 unspecified atom stereocenters. The van der Waals surface area contributed by atoms with Gasteiger partial charge in [-0.1, -0.05) is 12.1 Å². The number of rotatable bonds is 4. The van der Waals surface area contributed by atoms with Gasteiger partial charge in [0.15, 0.2) is 11.5 Å². The van der Waals surface area contributed by atoms with E-state index in [0.29, 0.717) is 18.3 Å². The zero-order valence-electron chi connectivity index (χ0n) is 10.2. The molecule has 1 atom stereocenters. The van der Waals surface area contributed by atoms with Crippen LogP contribution < -0.4 is 10.5 Å². The molecule has 17 heavy (non-hydrogen) atoms. The summed E-state index contributed by atoms with van der Waals surface area (Å²) < 4.78 is 5.11. The Kier molecular flexibility index (Phi) is 3.86. The van der Waals surface area contributed by atoms with E-state index in [2.05, 4.69) is 4.90 Å². The minimum Gasteiger partial charge on any atom is -0.504 e. The standard InChI is InChI=1S/C13H20N2O2/c1-17-12-6-2-4-10(13(12)16)9-15-7-3-5-11(15)8-14/h2,4,6,11,16H,3,5,7-9,14H2,1H3. The highest BCUT2D eigenvalue weighted by Crippen LogP contribution is 2.31. The first-order chi connectivity index (χ1) is 8.26. The van der Waals surface area contributed by atoms with Crippen molar-refractivity contribution in [1.82, 2.24) is 4.90 Å². The fourth-order valence-electron chi connectivity index (χ4n) is 2.45. The van der Waals surface area contributed by atoms with Crippen LogP contribution in [0.5, 0.6) is 11.5 Å². The number of ether oxygens (including phenoxy) is 1. The highest BCUT2D eigenvalue weighted by molar-refractivity contribution is 5.45. The van der Waals surface area contributed by atoms with Crippen molar-refractivity contribution < 1.29 is 9.84 Å². The van der Waals surface area contributed by atoms with Crippen LogP contribution >= 0.6 is 0 Å². The molecule has 0 aromatic heterocycles. The molecule has 94 valence electrons. The summed E-state index contributed by atoms with van der Waals surface area (Å²) in [6.07, 6.45) is 2.34. The lowest BCUT2D eigenvalue weighted by atomic mass is 10.1. The highest BCUT2D eigenvalue weighted by Gasteiger charge is 2.24. The first-order valence-electron chi connectivity index (χ1n) is 6.05. The van der Waals surface area contributed by atoms with Crippen LogP contribution in [-0.2, 0) is 6.54 Å². The van der Waals surface area contributed by atoms with E-state index < -0.39 is 0 Å². The van der Waals surface area contributed by atoms with Gasteiger partial charge in [-0.15, -0.1) is 0 Å². The van der Waals surface area contributed by atoms with Crippen molar-refractivity contribution in [2.75, 3.05) is 20.2 Å². The van der Waals surface area contributed by atoms with E-state index in [1.165, 1.54) is 6.42 Å². The van der Waals surface area contributed by atoms with Crippen molar-refractivity contribution in [3.05, 3.63) is 23.8 Å². The number of nitrogens with two attached hydrogens (primary N) is 1. The molecular weight excluding hydrogens is 216 g/mol. The molecule has 1 fully saturated rings. The maximum atomic E-state index is 10.0. The van der Waals surface area contributed by atoms with Crippen LogP contribution in [0.15, 0.2) is 18.2 Å². The van der Waals surface area contributed by atoms with Gasteiger partial charge in [0.1, 0.15) is 0 Å². The molecule has 0 spiro atoms. The van der Waals surface area contributed by atoms with Crippen LogP contribution in [0.3, 0.4) is 0 Å². The highest BCUT2D eigenvalue weighted by atomic mass is 16.5. The number of methoxy groups -OCH3 is 1. The lowest BCUT2D eigenvalue weighted by molar-refractivity contribution is 0.245. The summed E-state index contributed by atoms with van der Waals surface area (Å²) in [5.74, 6) is 0.781. The van der Waals surface area contributed by atoms with E-state index in [1.807, 2.05) is 12.1 Å². The first-order valence-corrected chi connectivity index (χ1v) is 6.05. The predicted octanol–water partition coefficient (Wildman–Crippen LogP) is 1.32. The van der Waals surface area contributed by atoms with Gasteiger partial charge in [0.05, 0.1) is 7.11 Å². The molecule has 3 N–H and O–H groups in total. The molecule has 0 bridgehead atoms. The summed E-state index contributed by atoms with van der Waals surface area (Å²) in [6.45, 7) is 2.48. The van der Waals surface area contributed by atoms with Gasteiger partial charge in [-0.05, 0) is 25.5 Å². The maximum absolute atomic E-state index is 10.0. The molecule has 1 aromatic carbocycles. The summed E-state index contributed by atoms with van der Waals surface area (Å²) in [4.78, 5) is 2.33. The smallest absolute Gasteiger partial charge is 0.162 e. The zero-order valence-corrected chi connectivity index (χ0v) is 10.2. The molecule has 1 aliphatic rings. The van der Waals surface area contributed by atoms with Crippen molar-refractivity contribution in [3.8, 4) is 11.5 Å². The van der Waals surface area contributed by atoms with Gasteiger partial charge in [-0.25, -0.2) is 0 Å². The number of hydrogen-bond donors (Lipinski definition) is 2. The Labute approximate surface area is 102 Å². The third-order valence-corrected chi connectivity index (χ3v) is 3.45. The van der Waals surface area contributed by atoms with Gasteiger partial charge in [-0.3, -0.25) is 4.90 Å². The average Bonchev–Trinajstić information content (AvgIpc) is 2.79. The predicted molar refractivity (Wildman–Crippen MR) is 67.1 cm³/mol. The summed E-state index contributed by atoms with van der Waals surface area (Å²) >= 11 is 0. The number of nitrogens with zero attached hydrogens (tertiary/aromatic N) is 1.